The number of carbonyl (C=O) groups excluding carboxylic acids is 2. The van der Waals surface area contributed by atoms with E-state index in [2.05, 4.69) is 0 Å². The first-order valence-electron chi connectivity index (χ1n) is 4.96. The van der Waals surface area contributed by atoms with Crippen molar-refractivity contribution in [1.82, 2.24) is 4.90 Å². The minimum absolute atomic E-state index is 0.213. The van der Waals surface area contributed by atoms with Crippen LogP contribution in [0, 0.1) is 0 Å². The predicted octanol–water partition coefficient (Wildman–Crippen LogP) is 0.136. The van der Waals surface area contributed by atoms with Crippen LogP contribution in [0.2, 0.25) is 0 Å². The van der Waals surface area contributed by atoms with Gasteiger partial charge in [-0.15, -0.1) is 0 Å². The molecule has 0 aliphatic carbocycles. The van der Waals surface area contributed by atoms with Gasteiger partial charge < -0.3 is 5.73 Å². The third-order valence-electron chi connectivity index (χ3n) is 2.53. The monoisotopic (exact) mass is 288 g/mol. The number of carbonyl (C=O) groups is 2. The minimum atomic E-state index is -3.89. The van der Waals surface area contributed by atoms with E-state index in [9.17, 15) is 18.0 Å². The van der Waals surface area contributed by atoms with Gasteiger partial charge in [-0.2, -0.15) is 0 Å². The van der Waals surface area contributed by atoms with E-state index in [0.717, 1.165) is 0 Å². The standard InChI is InChI=1S/C10H9ClN2O4S/c11-18(16,17)5-8(12)13-9(14)6-3-1-2-4-7(6)10(13)15/h1-4,8H,5,12H2. The number of halogens is 1. The van der Waals surface area contributed by atoms with Crippen molar-refractivity contribution < 1.29 is 18.0 Å². The van der Waals surface area contributed by atoms with Gasteiger partial charge in [-0.25, -0.2) is 8.42 Å². The van der Waals surface area contributed by atoms with E-state index in [0.29, 0.717) is 4.90 Å². The molecule has 0 fully saturated rings. The van der Waals surface area contributed by atoms with Gasteiger partial charge >= 0.3 is 0 Å². The van der Waals surface area contributed by atoms with Crippen molar-refractivity contribution in [1.29, 1.82) is 0 Å². The molecule has 0 saturated carbocycles. The zero-order chi connectivity index (χ0) is 13.5. The molecular weight excluding hydrogens is 280 g/mol. The van der Waals surface area contributed by atoms with Crippen LogP contribution in [0.1, 0.15) is 20.7 Å². The Balaban J connectivity index is 2.34. The molecule has 18 heavy (non-hydrogen) atoms. The highest BCUT2D eigenvalue weighted by atomic mass is 35.7. The molecule has 0 bridgehead atoms. The summed E-state index contributed by atoms with van der Waals surface area (Å²) in [5, 5.41) is 0. The SMILES string of the molecule is NC(CS(=O)(=O)Cl)N1C(=O)c2ccccc2C1=O. The van der Waals surface area contributed by atoms with Gasteiger partial charge in [-0.1, -0.05) is 12.1 Å². The van der Waals surface area contributed by atoms with Crippen LogP contribution in [0.5, 0.6) is 0 Å². The van der Waals surface area contributed by atoms with Crippen molar-refractivity contribution in [3.63, 3.8) is 0 Å². The van der Waals surface area contributed by atoms with E-state index in [4.69, 9.17) is 16.4 Å². The van der Waals surface area contributed by atoms with Crippen LogP contribution in [0.25, 0.3) is 0 Å². The number of hydrogen-bond donors (Lipinski definition) is 1. The maximum atomic E-state index is 11.9. The van der Waals surface area contributed by atoms with Crippen LogP contribution in [0.15, 0.2) is 24.3 Å². The maximum Gasteiger partial charge on any atom is 0.262 e. The molecule has 1 aromatic rings. The molecule has 96 valence electrons. The third-order valence-corrected chi connectivity index (χ3v) is 3.64. The van der Waals surface area contributed by atoms with E-state index in [1.54, 1.807) is 12.1 Å². The number of imide groups is 1. The summed E-state index contributed by atoms with van der Waals surface area (Å²) in [5.41, 5.74) is 5.97. The molecule has 2 N–H and O–H groups in total. The first kappa shape index (κ1) is 13.0. The zero-order valence-corrected chi connectivity index (χ0v) is 10.6. The fourth-order valence-corrected chi connectivity index (χ4v) is 2.73. The molecule has 1 heterocycles. The molecule has 0 radical (unpaired) electrons. The average Bonchev–Trinajstić information content (AvgIpc) is 2.50. The molecule has 0 spiro atoms. The second-order valence-corrected chi connectivity index (χ2v) is 6.62. The van der Waals surface area contributed by atoms with Crippen molar-refractivity contribution in [3.05, 3.63) is 35.4 Å². The molecule has 2 amide bonds. The summed E-state index contributed by atoms with van der Waals surface area (Å²) in [6.07, 6.45) is -1.29. The van der Waals surface area contributed by atoms with Crippen LogP contribution in [0.4, 0.5) is 0 Å². The number of fused-ring (bicyclic) bond motifs is 1. The Labute approximate surface area is 108 Å². The van der Waals surface area contributed by atoms with E-state index < -0.39 is 32.8 Å². The Morgan fingerprint density at radius 3 is 2.00 bits per heavy atom. The van der Waals surface area contributed by atoms with Crippen LogP contribution >= 0.6 is 10.7 Å². The molecule has 0 saturated heterocycles. The smallest absolute Gasteiger partial charge is 0.262 e. The summed E-state index contributed by atoms with van der Waals surface area (Å²) in [6, 6.07) is 6.18. The Kier molecular flexibility index (Phi) is 3.14. The number of benzene rings is 1. The summed E-state index contributed by atoms with van der Waals surface area (Å²) in [4.78, 5) is 24.6. The highest BCUT2D eigenvalue weighted by molar-refractivity contribution is 8.13. The molecule has 1 aliphatic rings. The molecule has 2 rings (SSSR count). The number of hydrogen-bond acceptors (Lipinski definition) is 5. The fourth-order valence-electron chi connectivity index (χ4n) is 1.79. The lowest BCUT2D eigenvalue weighted by Crippen LogP contribution is -2.48. The Morgan fingerprint density at radius 1 is 1.17 bits per heavy atom. The normalized spacial score (nSPS) is 16.9. The summed E-state index contributed by atoms with van der Waals surface area (Å²) in [7, 11) is 1.16. The van der Waals surface area contributed by atoms with E-state index in [-0.39, 0.29) is 11.1 Å². The molecule has 1 aliphatic heterocycles. The van der Waals surface area contributed by atoms with Crippen LogP contribution in [-0.2, 0) is 9.05 Å². The van der Waals surface area contributed by atoms with Gasteiger partial charge in [0.15, 0.2) is 0 Å². The van der Waals surface area contributed by atoms with Crippen molar-refractivity contribution in [2.24, 2.45) is 5.73 Å². The van der Waals surface area contributed by atoms with Crippen LogP contribution in [-0.4, -0.2) is 37.1 Å². The molecule has 8 heteroatoms. The highest BCUT2D eigenvalue weighted by Gasteiger charge is 2.39. The second-order valence-electron chi connectivity index (χ2n) is 3.80. The topological polar surface area (TPSA) is 97.5 Å². The first-order chi connectivity index (χ1) is 8.31. The van der Waals surface area contributed by atoms with E-state index in [1.807, 2.05) is 0 Å². The van der Waals surface area contributed by atoms with Gasteiger partial charge in [0, 0.05) is 10.7 Å². The Hall–Kier alpha value is -1.44. The summed E-state index contributed by atoms with van der Waals surface area (Å²) in [5.74, 6) is -1.90. The maximum absolute atomic E-state index is 11.9. The first-order valence-corrected chi connectivity index (χ1v) is 7.44. The van der Waals surface area contributed by atoms with Crippen LogP contribution < -0.4 is 5.73 Å². The van der Waals surface area contributed by atoms with Crippen molar-refractivity contribution in [3.8, 4) is 0 Å². The Morgan fingerprint density at radius 2 is 1.61 bits per heavy atom. The van der Waals surface area contributed by atoms with E-state index >= 15 is 0 Å². The molecule has 1 aromatic carbocycles. The molecule has 1 atom stereocenters. The molecule has 0 aromatic heterocycles. The van der Waals surface area contributed by atoms with Gasteiger partial charge in [-0.05, 0) is 12.1 Å². The number of nitrogens with zero attached hydrogens (tertiary/aromatic N) is 1. The van der Waals surface area contributed by atoms with E-state index in [1.165, 1.54) is 12.1 Å². The van der Waals surface area contributed by atoms with Gasteiger partial charge in [0.2, 0.25) is 9.05 Å². The summed E-state index contributed by atoms with van der Waals surface area (Å²) < 4.78 is 21.8. The number of nitrogens with two attached hydrogens (primary N) is 1. The average molecular weight is 289 g/mol. The van der Waals surface area contributed by atoms with Crippen LogP contribution in [0.3, 0.4) is 0 Å². The number of amides is 2. The third kappa shape index (κ3) is 2.24. The summed E-state index contributed by atoms with van der Waals surface area (Å²) >= 11 is 0. The van der Waals surface area contributed by atoms with Crippen molar-refractivity contribution >= 4 is 31.5 Å². The molecular formula is C10H9ClN2O4S. The second kappa shape index (κ2) is 4.34. The van der Waals surface area contributed by atoms with Gasteiger partial charge in [-0.3, -0.25) is 14.5 Å². The van der Waals surface area contributed by atoms with Gasteiger partial charge in [0.25, 0.3) is 11.8 Å². The summed E-state index contributed by atoms with van der Waals surface area (Å²) in [6.45, 7) is 0. The minimum Gasteiger partial charge on any atom is -0.310 e. The fraction of sp³-hybridized carbons (Fsp3) is 0.200. The lowest BCUT2D eigenvalue weighted by molar-refractivity contribution is 0.0603. The van der Waals surface area contributed by atoms with Gasteiger partial charge in [0.05, 0.1) is 16.9 Å². The number of rotatable bonds is 3. The quantitative estimate of drug-likeness (QED) is 0.630. The van der Waals surface area contributed by atoms with Gasteiger partial charge in [0.1, 0.15) is 6.17 Å². The lowest BCUT2D eigenvalue weighted by atomic mass is 10.1. The predicted molar refractivity (Wildman–Crippen MR) is 64.6 cm³/mol. The van der Waals surface area contributed by atoms with Crippen molar-refractivity contribution in [2.45, 2.75) is 6.17 Å². The van der Waals surface area contributed by atoms with Crippen molar-refractivity contribution in [2.75, 3.05) is 5.75 Å². The zero-order valence-electron chi connectivity index (χ0n) is 9.04. The molecule has 6 nitrogen and oxygen atoms in total. The largest absolute Gasteiger partial charge is 0.310 e. The highest BCUT2D eigenvalue weighted by Crippen LogP contribution is 2.23. The molecule has 1 unspecified atom stereocenters. The lowest BCUT2D eigenvalue weighted by Gasteiger charge is -2.20. The Bertz CT molecular complexity index is 594.